The first kappa shape index (κ1) is 18.7. The van der Waals surface area contributed by atoms with Crippen molar-refractivity contribution in [2.24, 2.45) is 5.41 Å². The molecule has 2 nitrogen and oxygen atoms in total. The van der Waals surface area contributed by atoms with Crippen LogP contribution in [0.4, 0.5) is 0 Å². The van der Waals surface area contributed by atoms with Gasteiger partial charge in [-0.1, -0.05) is 42.8 Å². The van der Waals surface area contributed by atoms with Crippen molar-refractivity contribution >= 4 is 39.1 Å². The van der Waals surface area contributed by atoms with Gasteiger partial charge in [0.2, 0.25) is 0 Å². The number of ether oxygens (including phenoxy) is 1. The SMILES string of the molecule is CCC(C)(C)C(=O)OC(C)(C)c1cc(Cl)c2cc3ccccc3cc2c1. The van der Waals surface area contributed by atoms with E-state index >= 15 is 0 Å². The Kier molecular flexibility index (Phi) is 4.74. The maximum atomic E-state index is 12.6. The molecule has 3 heteroatoms. The Morgan fingerprint density at radius 1 is 0.962 bits per heavy atom. The van der Waals surface area contributed by atoms with Gasteiger partial charge < -0.3 is 4.74 Å². The highest BCUT2D eigenvalue weighted by Crippen LogP contribution is 2.36. The zero-order valence-electron chi connectivity index (χ0n) is 16.0. The highest BCUT2D eigenvalue weighted by molar-refractivity contribution is 6.36. The van der Waals surface area contributed by atoms with E-state index in [2.05, 4.69) is 30.3 Å². The van der Waals surface area contributed by atoms with Crippen LogP contribution in [0.1, 0.15) is 46.6 Å². The number of esters is 1. The van der Waals surface area contributed by atoms with E-state index in [1.807, 2.05) is 52.8 Å². The molecule has 0 fully saturated rings. The lowest BCUT2D eigenvalue weighted by Gasteiger charge is -2.31. The summed E-state index contributed by atoms with van der Waals surface area (Å²) in [5, 5.41) is 5.04. The molecule has 0 heterocycles. The van der Waals surface area contributed by atoms with Crippen LogP contribution in [-0.2, 0) is 15.1 Å². The quantitative estimate of drug-likeness (QED) is 0.371. The van der Waals surface area contributed by atoms with Gasteiger partial charge >= 0.3 is 5.97 Å². The average molecular weight is 369 g/mol. The van der Waals surface area contributed by atoms with Gasteiger partial charge in [0.15, 0.2) is 0 Å². The summed E-state index contributed by atoms with van der Waals surface area (Å²) in [6, 6.07) is 16.4. The summed E-state index contributed by atoms with van der Waals surface area (Å²) < 4.78 is 5.87. The predicted octanol–water partition coefficient (Wildman–Crippen LogP) is 6.86. The molecule has 0 saturated carbocycles. The van der Waals surface area contributed by atoms with Crippen molar-refractivity contribution < 1.29 is 9.53 Å². The largest absolute Gasteiger partial charge is 0.454 e. The molecule has 3 aromatic carbocycles. The molecule has 0 N–H and O–H groups in total. The highest BCUT2D eigenvalue weighted by atomic mass is 35.5. The van der Waals surface area contributed by atoms with E-state index < -0.39 is 11.0 Å². The number of benzene rings is 3. The molecule has 0 saturated heterocycles. The maximum Gasteiger partial charge on any atom is 0.312 e. The van der Waals surface area contributed by atoms with E-state index in [0.717, 1.165) is 33.5 Å². The molecule has 0 bridgehead atoms. The third-order valence-corrected chi connectivity index (χ3v) is 5.56. The monoisotopic (exact) mass is 368 g/mol. The van der Waals surface area contributed by atoms with Crippen molar-refractivity contribution in [2.45, 2.75) is 46.6 Å². The van der Waals surface area contributed by atoms with E-state index in [1.165, 1.54) is 0 Å². The van der Waals surface area contributed by atoms with Crippen LogP contribution in [0.15, 0.2) is 48.5 Å². The van der Waals surface area contributed by atoms with E-state index in [-0.39, 0.29) is 5.97 Å². The topological polar surface area (TPSA) is 26.3 Å². The lowest BCUT2D eigenvalue weighted by Crippen LogP contribution is -2.33. The first-order valence-corrected chi connectivity index (χ1v) is 9.38. The Labute approximate surface area is 160 Å². The predicted molar refractivity (Wildman–Crippen MR) is 110 cm³/mol. The summed E-state index contributed by atoms with van der Waals surface area (Å²) in [5.41, 5.74) is -0.369. The van der Waals surface area contributed by atoms with E-state index in [0.29, 0.717) is 5.02 Å². The molecule has 0 radical (unpaired) electrons. The van der Waals surface area contributed by atoms with Gasteiger partial charge in [0.25, 0.3) is 0 Å². The van der Waals surface area contributed by atoms with Gasteiger partial charge in [-0.2, -0.15) is 0 Å². The number of halogens is 1. The molecular weight excluding hydrogens is 344 g/mol. The Bertz CT molecular complexity index is 986. The fraction of sp³-hybridized carbons (Fsp3) is 0.348. The van der Waals surface area contributed by atoms with E-state index in [9.17, 15) is 4.79 Å². The number of hydrogen-bond acceptors (Lipinski definition) is 2. The van der Waals surface area contributed by atoms with Crippen LogP contribution in [-0.4, -0.2) is 5.97 Å². The minimum atomic E-state index is -0.757. The van der Waals surface area contributed by atoms with E-state index in [4.69, 9.17) is 16.3 Å². The molecular formula is C23H25ClO2. The van der Waals surface area contributed by atoms with E-state index in [1.54, 1.807) is 0 Å². The molecule has 0 aromatic heterocycles. The van der Waals surface area contributed by atoms with Crippen LogP contribution in [0.5, 0.6) is 0 Å². The van der Waals surface area contributed by atoms with Gasteiger partial charge in [0, 0.05) is 10.4 Å². The summed E-state index contributed by atoms with van der Waals surface area (Å²) in [6.45, 7) is 9.63. The average Bonchev–Trinajstić information content (AvgIpc) is 2.59. The van der Waals surface area contributed by atoms with Crippen molar-refractivity contribution in [3.05, 3.63) is 59.1 Å². The third-order valence-electron chi connectivity index (χ3n) is 5.25. The molecule has 0 spiro atoms. The first-order chi connectivity index (χ1) is 12.1. The van der Waals surface area contributed by atoms with Crippen LogP contribution in [0, 0.1) is 5.41 Å². The molecule has 136 valence electrons. The minimum absolute atomic E-state index is 0.195. The van der Waals surface area contributed by atoms with Crippen LogP contribution in [0.2, 0.25) is 5.02 Å². The summed E-state index contributed by atoms with van der Waals surface area (Å²) in [7, 11) is 0. The highest BCUT2D eigenvalue weighted by Gasteiger charge is 2.34. The zero-order chi connectivity index (χ0) is 19.1. The first-order valence-electron chi connectivity index (χ1n) is 9.00. The summed E-state index contributed by atoms with van der Waals surface area (Å²) in [6.07, 6.45) is 0.729. The lowest BCUT2D eigenvalue weighted by molar-refractivity contribution is -0.168. The van der Waals surface area contributed by atoms with Crippen LogP contribution in [0.3, 0.4) is 0 Å². The van der Waals surface area contributed by atoms with Gasteiger partial charge in [-0.3, -0.25) is 4.79 Å². The minimum Gasteiger partial charge on any atom is -0.454 e. The van der Waals surface area contributed by atoms with Gasteiger partial charge in [0.05, 0.1) is 5.41 Å². The summed E-state index contributed by atoms with van der Waals surface area (Å²) in [5.74, 6) is -0.195. The van der Waals surface area contributed by atoms with Gasteiger partial charge in [-0.15, -0.1) is 0 Å². The molecule has 3 aromatic rings. The fourth-order valence-electron chi connectivity index (χ4n) is 2.93. The molecule has 0 aliphatic heterocycles. The smallest absolute Gasteiger partial charge is 0.312 e. The van der Waals surface area contributed by atoms with Gasteiger partial charge in [0.1, 0.15) is 5.60 Å². The molecule has 0 unspecified atom stereocenters. The second-order valence-electron chi connectivity index (χ2n) is 8.02. The van der Waals surface area contributed by atoms with Crippen molar-refractivity contribution in [3.8, 4) is 0 Å². The summed E-state index contributed by atoms with van der Waals surface area (Å²) >= 11 is 6.58. The standard InChI is InChI=1S/C23H25ClO2/c1-6-22(2,3)21(25)26-23(4,5)18-12-17-11-15-9-7-8-10-16(15)13-19(17)20(24)14-18/h7-14H,6H2,1-5H3. The number of carbonyl (C=O) groups excluding carboxylic acids is 1. The molecule has 0 aliphatic carbocycles. The van der Waals surface area contributed by atoms with Crippen molar-refractivity contribution in [1.82, 2.24) is 0 Å². The second kappa shape index (κ2) is 6.59. The van der Waals surface area contributed by atoms with Crippen molar-refractivity contribution in [2.75, 3.05) is 0 Å². The second-order valence-corrected chi connectivity index (χ2v) is 8.42. The number of carbonyl (C=O) groups is 1. The zero-order valence-corrected chi connectivity index (χ0v) is 16.8. The number of hydrogen-bond donors (Lipinski definition) is 0. The Hall–Kier alpha value is -2.06. The molecule has 0 amide bonds. The number of fused-ring (bicyclic) bond motifs is 2. The lowest BCUT2D eigenvalue weighted by atomic mass is 9.89. The van der Waals surface area contributed by atoms with Crippen LogP contribution >= 0.6 is 11.6 Å². The van der Waals surface area contributed by atoms with Crippen molar-refractivity contribution in [3.63, 3.8) is 0 Å². The Morgan fingerprint density at radius 2 is 1.58 bits per heavy atom. The molecule has 0 aliphatic rings. The molecule has 0 atom stereocenters. The third kappa shape index (κ3) is 3.43. The summed E-state index contributed by atoms with van der Waals surface area (Å²) in [4.78, 5) is 12.6. The van der Waals surface area contributed by atoms with Crippen molar-refractivity contribution in [1.29, 1.82) is 0 Å². The van der Waals surface area contributed by atoms with Crippen LogP contribution < -0.4 is 0 Å². The normalized spacial score (nSPS) is 12.5. The maximum absolute atomic E-state index is 12.6. The number of rotatable bonds is 4. The fourth-order valence-corrected chi connectivity index (χ4v) is 3.21. The Morgan fingerprint density at radius 3 is 2.19 bits per heavy atom. The molecule has 3 rings (SSSR count). The van der Waals surface area contributed by atoms with Gasteiger partial charge in [-0.25, -0.2) is 0 Å². The van der Waals surface area contributed by atoms with Crippen LogP contribution in [0.25, 0.3) is 21.5 Å². The molecule has 26 heavy (non-hydrogen) atoms. The Balaban J connectivity index is 2.07. The van der Waals surface area contributed by atoms with Gasteiger partial charge in [-0.05, 0) is 80.1 Å².